The third-order valence-electron chi connectivity index (χ3n) is 4.16. The molecule has 29 heavy (non-hydrogen) atoms. The number of benzene rings is 2. The number of rotatable bonds is 10. The first-order valence-corrected chi connectivity index (χ1v) is 11.2. The quantitative estimate of drug-likeness (QED) is 0.582. The zero-order valence-corrected chi connectivity index (χ0v) is 18.7. The fourth-order valence-electron chi connectivity index (χ4n) is 2.64. The van der Waals surface area contributed by atoms with E-state index in [0.717, 1.165) is 11.3 Å². The Labute approximate surface area is 185 Å². The van der Waals surface area contributed by atoms with E-state index in [0.29, 0.717) is 28.8 Å². The lowest BCUT2D eigenvalue weighted by Gasteiger charge is -2.25. The Bertz CT molecular complexity index is 821. The Hall–Kier alpha value is -1.89. The predicted molar refractivity (Wildman–Crippen MR) is 120 cm³/mol. The minimum absolute atomic E-state index is 0.153. The van der Waals surface area contributed by atoms with E-state index in [1.165, 1.54) is 0 Å². The molecule has 0 radical (unpaired) electrons. The van der Waals surface area contributed by atoms with E-state index in [2.05, 4.69) is 5.32 Å². The molecule has 0 aliphatic heterocycles. The fourth-order valence-corrected chi connectivity index (χ4v) is 3.58. The summed E-state index contributed by atoms with van der Waals surface area (Å²) in [4.78, 5) is 26.8. The Kier molecular flexibility index (Phi) is 9.64. The first kappa shape index (κ1) is 23.4. The van der Waals surface area contributed by atoms with Crippen LogP contribution in [0.25, 0.3) is 0 Å². The van der Waals surface area contributed by atoms with E-state index in [-0.39, 0.29) is 18.4 Å². The SMILES string of the molecule is CSCC[C@H](NC(=O)COc1ccccc1)C(=O)N(C)Cc1ccc(Cl)cc1Cl. The molecule has 0 heterocycles. The van der Waals surface area contributed by atoms with Crippen molar-refractivity contribution < 1.29 is 14.3 Å². The lowest BCUT2D eigenvalue weighted by molar-refractivity contribution is -0.136. The van der Waals surface area contributed by atoms with Crippen molar-refractivity contribution in [2.45, 2.75) is 19.0 Å². The van der Waals surface area contributed by atoms with Crippen molar-refractivity contribution in [3.05, 3.63) is 64.1 Å². The number of nitrogens with one attached hydrogen (secondary N) is 1. The number of hydrogen-bond donors (Lipinski definition) is 1. The van der Waals surface area contributed by atoms with E-state index < -0.39 is 6.04 Å². The molecule has 8 heteroatoms. The summed E-state index contributed by atoms with van der Waals surface area (Å²) in [7, 11) is 1.69. The molecule has 0 spiro atoms. The largest absolute Gasteiger partial charge is 0.484 e. The van der Waals surface area contributed by atoms with Gasteiger partial charge in [-0.25, -0.2) is 0 Å². The van der Waals surface area contributed by atoms with Crippen LogP contribution in [-0.4, -0.2) is 48.4 Å². The Morgan fingerprint density at radius 1 is 1.17 bits per heavy atom. The maximum Gasteiger partial charge on any atom is 0.258 e. The van der Waals surface area contributed by atoms with Crippen molar-refractivity contribution in [2.75, 3.05) is 25.7 Å². The van der Waals surface area contributed by atoms with Crippen LogP contribution in [0.5, 0.6) is 5.75 Å². The van der Waals surface area contributed by atoms with Crippen molar-refractivity contribution in [2.24, 2.45) is 0 Å². The summed E-state index contributed by atoms with van der Waals surface area (Å²) in [5, 5.41) is 3.83. The Morgan fingerprint density at radius 2 is 1.90 bits per heavy atom. The van der Waals surface area contributed by atoms with Crippen molar-refractivity contribution >= 4 is 46.8 Å². The molecule has 1 N–H and O–H groups in total. The second-order valence-electron chi connectivity index (χ2n) is 6.43. The van der Waals surface area contributed by atoms with Crippen LogP contribution in [0.3, 0.4) is 0 Å². The van der Waals surface area contributed by atoms with E-state index in [1.54, 1.807) is 54.0 Å². The van der Waals surface area contributed by atoms with E-state index >= 15 is 0 Å². The van der Waals surface area contributed by atoms with Crippen LogP contribution in [0.15, 0.2) is 48.5 Å². The zero-order chi connectivity index (χ0) is 21.2. The molecule has 0 saturated carbocycles. The molecule has 0 bridgehead atoms. The summed E-state index contributed by atoms with van der Waals surface area (Å²) in [5.74, 6) is 0.819. The monoisotopic (exact) mass is 454 g/mol. The maximum absolute atomic E-state index is 12.9. The minimum Gasteiger partial charge on any atom is -0.484 e. The standard InChI is InChI=1S/C21H24Cl2N2O3S/c1-25(13-15-8-9-16(22)12-18(15)23)21(27)19(10-11-29-2)24-20(26)14-28-17-6-4-3-5-7-17/h3-9,12,19H,10-11,13-14H2,1-2H3,(H,24,26)/t19-/m0/s1. The molecule has 0 aliphatic carbocycles. The Balaban J connectivity index is 1.97. The van der Waals surface area contributed by atoms with Crippen LogP contribution < -0.4 is 10.1 Å². The van der Waals surface area contributed by atoms with Gasteiger partial charge in [0.25, 0.3) is 5.91 Å². The third-order valence-corrected chi connectivity index (χ3v) is 5.39. The van der Waals surface area contributed by atoms with Gasteiger partial charge < -0.3 is 15.0 Å². The molecular formula is C21H24Cl2N2O3S. The number of hydrogen-bond acceptors (Lipinski definition) is 4. The van der Waals surface area contributed by atoms with Crippen molar-refractivity contribution in [1.82, 2.24) is 10.2 Å². The van der Waals surface area contributed by atoms with E-state index in [9.17, 15) is 9.59 Å². The van der Waals surface area contributed by atoms with Gasteiger partial charge in [-0.3, -0.25) is 9.59 Å². The van der Waals surface area contributed by atoms with Gasteiger partial charge in [-0.1, -0.05) is 47.5 Å². The number of ether oxygens (including phenoxy) is 1. The van der Waals surface area contributed by atoms with Gasteiger partial charge >= 0.3 is 0 Å². The van der Waals surface area contributed by atoms with Crippen LogP contribution in [0.1, 0.15) is 12.0 Å². The average Bonchev–Trinajstić information content (AvgIpc) is 2.71. The topological polar surface area (TPSA) is 58.6 Å². The summed E-state index contributed by atoms with van der Waals surface area (Å²) < 4.78 is 5.46. The summed E-state index contributed by atoms with van der Waals surface area (Å²) in [5.41, 5.74) is 0.786. The molecule has 0 saturated heterocycles. The number of para-hydroxylation sites is 1. The molecule has 2 amide bonds. The number of likely N-dealkylation sites (N-methyl/N-ethyl adjacent to an activating group) is 1. The van der Waals surface area contributed by atoms with Crippen molar-refractivity contribution in [1.29, 1.82) is 0 Å². The van der Waals surface area contributed by atoms with E-state index in [1.807, 2.05) is 24.5 Å². The number of carbonyl (C=O) groups excluding carboxylic acids is 2. The molecule has 1 atom stereocenters. The highest BCUT2D eigenvalue weighted by Gasteiger charge is 2.24. The van der Waals surface area contributed by atoms with Gasteiger partial charge in [0.15, 0.2) is 6.61 Å². The summed E-state index contributed by atoms with van der Waals surface area (Å²) in [6.07, 6.45) is 2.48. The zero-order valence-electron chi connectivity index (χ0n) is 16.4. The van der Waals surface area contributed by atoms with Crippen molar-refractivity contribution in [3.8, 4) is 5.75 Å². The van der Waals surface area contributed by atoms with Gasteiger partial charge in [0, 0.05) is 23.6 Å². The maximum atomic E-state index is 12.9. The lowest BCUT2D eigenvalue weighted by atomic mass is 10.1. The highest BCUT2D eigenvalue weighted by molar-refractivity contribution is 7.98. The third kappa shape index (κ3) is 7.80. The van der Waals surface area contributed by atoms with Gasteiger partial charge in [0.05, 0.1) is 0 Å². The normalized spacial score (nSPS) is 11.6. The number of nitrogens with zero attached hydrogens (tertiary/aromatic N) is 1. The molecule has 2 rings (SSSR count). The first-order chi connectivity index (χ1) is 13.9. The van der Waals surface area contributed by atoms with Crippen LogP contribution >= 0.6 is 35.0 Å². The minimum atomic E-state index is -0.634. The van der Waals surface area contributed by atoms with Crippen LogP contribution in [0.2, 0.25) is 10.0 Å². The highest BCUT2D eigenvalue weighted by atomic mass is 35.5. The first-order valence-electron chi connectivity index (χ1n) is 9.05. The van der Waals surface area contributed by atoms with Crippen LogP contribution in [-0.2, 0) is 16.1 Å². The van der Waals surface area contributed by atoms with Gasteiger partial charge in [-0.15, -0.1) is 0 Å². The smallest absolute Gasteiger partial charge is 0.258 e. The molecule has 2 aromatic rings. The molecular weight excluding hydrogens is 431 g/mol. The Morgan fingerprint density at radius 3 is 2.55 bits per heavy atom. The van der Waals surface area contributed by atoms with Gasteiger partial charge in [-0.2, -0.15) is 11.8 Å². The second-order valence-corrected chi connectivity index (χ2v) is 8.26. The predicted octanol–water partition coefficient (Wildman–Crippen LogP) is 4.27. The van der Waals surface area contributed by atoms with Gasteiger partial charge in [0.1, 0.15) is 11.8 Å². The molecule has 0 aliphatic rings. The average molecular weight is 455 g/mol. The number of carbonyl (C=O) groups is 2. The lowest BCUT2D eigenvalue weighted by Crippen LogP contribution is -2.48. The summed E-state index contributed by atoms with van der Waals surface area (Å²) in [6.45, 7) is 0.167. The van der Waals surface area contributed by atoms with Gasteiger partial charge in [0.2, 0.25) is 5.91 Å². The molecule has 0 fully saturated rings. The number of amides is 2. The van der Waals surface area contributed by atoms with E-state index in [4.69, 9.17) is 27.9 Å². The molecule has 156 valence electrons. The molecule has 5 nitrogen and oxygen atoms in total. The number of thioether (sulfide) groups is 1. The second kappa shape index (κ2) is 12.0. The van der Waals surface area contributed by atoms with Gasteiger partial charge in [-0.05, 0) is 48.3 Å². The van der Waals surface area contributed by atoms with Crippen LogP contribution in [0, 0.1) is 0 Å². The fraction of sp³-hybridized carbons (Fsp3) is 0.333. The molecule has 0 aromatic heterocycles. The molecule has 2 aromatic carbocycles. The highest BCUT2D eigenvalue weighted by Crippen LogP contribution is 2.22. The molecule has 0 unspecified atom stereocenters. The summed E-state index contributed by atoms with van der Waals surface area (Å²) >= 11 is 13.8. The van der Waals surface area contributed by atoms with Crippen LogP contribution in [0.4, 0.5) is 0 Å². The van der Waals surface area contributed by atoms with Crippen molar-refractivity contribution in [3.63, 3.8) is 0 Å². The number of halogens is 2. The summed E-state index contributed by atoms with van der Waals surface area (Å²) in [6, 6.07) is 13.6.